The Morgan fingerprint density at radius 2 is 1.64 bits per heavy atom. The summed E-state index contributed by atoms with van der Waals surface area (Å²) in [6.07, 6.45) is -0.317. The van der Waals surface area contributed by atoms with Crippen LogP contribution in [0, 0.1) is 5.82 Å². The number of hydrogen-bond acceptors (Lipinski definition) is 5. The minimum atomic E-state index is -0.786. The number of nitrogens with one attached hydrogen (secondary N) is 1. The van der Waals surface area contributed by atoms with Crippen LogP contribution in [0.2, 0.25) is 5.02 Å². The summed E-state index contributed by atoms with van der Waals surface area (Å²) in [5, 5.41) is 3.39. The highest BCUT2D eigenvalue weighted by molar-refractivity contribution is 6.30. The lowest BCUT2D eigenvalue weighted by molar-refractivity contribution is -0.135. The smallest absolute Gasteiger partial charge is 0.408 e. The monoisotopic (exact) mass is 560 g/mol. The molecule has 0 radical (unpaired) electrons. The van der Waals surface area contributed by atoms with E-state index in [4.69, 9.17) is 16.3 Å². The van der Waals surface area contributed by atoms with Crippen LogP contribution in [0.25, 0.3) is 0 Å². The van der Waals surface area contributed by atoms with Crippen LogP contribution in [0.15, 0.2) is 48.5 Å². The van der Waals surface area contributed by atoms with Crippen LogP contribution >= 0.6 is 11.6 Å². The number of ether oxygens (including phenoxy) is 1. The molecule has 1 aliphatic heterocycles. The maximum absolute atomic E-state index is 14.9. The minimum absolute atomic E-state index is 0.117. The molecule has 2 atom stereocenters. The van der Waals surface area contributed by atoms with E-state index in [1.54, 1.807) is 43.9 Å². The van der Waals surface area contributed by atoms with Gasteiger partial charge >= 0.3 is 6.09 Å². The largest absolute Gasteiger partial charge is 0.444 e. The zero-order valence-corrected chi connectivity index (χ0v) is 24.5. The molecule has 1 fully saturated rings. The molecule has 9 heteroatoms. The van der Waals surface area contributed by atoms with Gasteiger partial charge in [0.1, 0.15) is 17.5 Å². The van der Waals surface area contributed by atoms with Crippen LogP contribution in [0.1, 0.15) is 51.8 Å². The lowest BCUT2D eigenvalue weighted by Crippen LogP contribution is -2.57. The van der Waals surface area contributed by atoms with Gasteiger partial charge in [-0.1, -0.05) is 55.8 Å². The molecular weight excluding hydrogens is 519 g/mol. The van der Waals surface area contributed by atoms with E-state index >= 15 is 0 Å². The van der Waals surface area contributed by atoms with Crippen molar-refractivity contribution < 1.29 is 18.7 Å². The Hall–Kier alpha value is -2.68. The molecule has 2 amide bonds. The number of hydrogen-bond donors (Lipinski definition) is 1. The molecule has 2 unspecified atom stereocenters. The van der Waals surface area contributed by atoms with Crippen molar-refractivity contribution in [3.05, 3.63) is 70.5 Å². The summed E-state index contributed by atoms with van der Waals surface area (Å²) in [7, 11) is 0. The maximum atomic E-state index is 14.9. The molecule has 39 heavy (non-hydrogen) atoms. The Kier molecular flexibility index (Phi) is 11.2. The molecule has 1 aliphatic rings. The molecular formula is C30H42ClFN4O3. The minimum Gasteiger partial charge on any atom is -0.444 e. The average molecular weight is 561 g/mol. The number of carbonyl (C=O) groups is 2. The third-order valence-corrected chi connectivity index (χ3v) is 7.25. The van der Waals surface area contributed by atoms with Gasteiger partial charge in [0.15, 0.2) is 0 Å². The fourth-order valence-electron chi connectivity index (χ4n) is 4.86. The summed E-state index contributed by atoms with van der Waals surface area (Å²) in [5.41, 5.74) is 0.874. The first-order valence-corrected chi connectivity index (χ1v) is 14.1. The summed E-state index contributed by atoms with van der Waals surface area (Å²) >= 11 is 6.04. The number of rotatable bonds is 10. The Bertz CT molecular complexity index is 1080. The number of likely N-dealkylation sites (N-methyl/N-ethyl adjacent to an activating group) is 1. The first-order chi connectivity index (χ1) is 18.5. The predicted molar refractivity (Wildman–Crippen MR) is 153 cm³/mol. The Morgan fingerprint density at radius 3 is 2.21 bits per heavy atom. The number of benzene rings is 2. The van der Waals surface area contributed by atoms with Crippen molar-refractivity contribution >= 4 is 23.6 Å². The second kappa shape index (κ2) is 14.1. The number of amides is 2. The lowest BCUT2D eigenvalue weighted by atomic mass is 10.0. The summed E-state index contributed by atoms with van der Waals surface area (Å²) in [6, 6.07) is 13.3. The van der Waals surface area contributed by atoms with Gasteiger partial charge in [-0.2, -0.15) is 0 Å². The highest BCUT2D eigenvalue weighted by Gasteiger charge is 2.33. The Morgan fingerprint density at radius 1 is 1.03 bits per heavy atom. The number of carbonyl (C=O) groups excluding carboxylic acids is 2. The molecule has 214 valence electrons. The van der Waals surface area contributed by atoms with Crippen molar-refractivity contribution in [1.29, 1.82) is 0 Å². The zero-order valence-electron chi connectivity index (χ0n) is 23.8. The van der Waals surface area contributed by atoms with Crippen molar-refractivity contribution in [3.63, 3.8) is 0 Å². The molecule has 0 saturated carbocycles. The molecule has 2 aromatic rings. The van der Waals surface area contributed by atoms with Crippen molar-refractivity contribution in [1.82, 2.24) is 20.0 Å². The van der Waals surface area contributed by atoms with Crippen molar-refractivity contribution in [2.45, 2.75) is 58.7 Å². The highest BCUT2D eigenvalue weighted by Crippen LogP contribution is 2.26. The maximum Gasteiger partial charge on any atom is 0.408 e. The number of halogens is 2. The van der Waals surface area contributed by atoms with E-state index in [2.05, 4.69) is 29.0 Å². The Labute approximate surface area is 237 Å². The molecule has 0 aromatic heterocycles. The molecule has 7 nitrogen and oxygen atoms in total. The molecule has 1 heterocycles. The van der Waals surface area contributed by atoms with Gasteiger partial charge in [0.25, 0.3) is 0 Å². The topological polar surface area (TPSA) is 65.1 Å². The average Bonchev–Trinajstić information content (AvgIpc) is 2.89. The second-order valence-corrected chi connectivity index (χ2v) is 11.4. The standard InChI is InChI=1S/C30H42ClFN4O3/c1-6-34(7-2)21-27(24-10-8-9-11-25(24)32)35-16-18-36(19-17-35)28(37)26(33-29(38)39-30(3,4)5)20-22-12-14-23(31)15-13-22/h8-15,26-27H,6-7,16-21H2,1-5H3,(H,33,38). The molecule has 0 bridgehead atoms. The van der Waals surface area contributed by atoms with Crippen LogP contribution in [0.5, 0.6) is 0 Å². The first-order valence-electron chi connectivity index (χ1n) is 13.7. The molecule has 1 saturated heterocycles. The van der Waals surface area contributed by atoms with E-state index in [9.17, 15) is 14.0 Å². The van der Waals surface area contributed by atoms with E-state index in [-0.39, 0.29) is 17.8 Å². The SMILES string of the molecule is CCN(CC)CC(c1ccccc1F)N1CCN(C(=O)C(Cc2ccc(Cl)cc2)NC(=O)OC(C)(C)C)CC1. The first kappa shape index (κ1) is 30.9. The predicted octanol–water partition coefficient (Wildman–Crippen LogP) is 5.14. The number of nitrogens with zero attached hydrogens (tertiary/aromatic N) is 3. The van der Waals surface area contributed by atoms with Gasteiger partial charge in [0.05, 0.1) is 6.04 Å². The summed E-state index contributed by atoms with van der Waals surface area (Å²) < 4.78 is 20.3. The highest BCUT2D eigenvalue weighted by atomic mass is 35.5. The normalized spacial score (nSPS) is 16.2. The van der Waals surface area contributed by atoms with Crippen LogP contribution in [-0.2, 0) is 16.0 Å². The third-order valence-electron chi connectivity index (χ3n) is 7.00. The molecule has 0 aliphatic carbocycles. The summed E-state index contributed by atoms with van der Waals surface area (Å²) in [6.45, 7) is 14.2. The van der Waals surface area contributed by atoms with E-state index < -0.39 is 17.7 Å². The summed E-state index contributed by atoms with van der Waals surface area (Å²) in [5.74, 6) is -0.376. The molecule has 2 aromatic carbocycles. The summed E-state index contributed by atoms with van der Waals surface area (Å²) in [4.78, 5) is 32.6. The molecule has 1 N–H and O–H groups in total. The van der Waals surface area contributed by atoms with Crippen molar-refractivity contribution in [2.75, 3.05) is 45.8 Å². The van der Waals surface area contributed by atoms with Gasteiger partial charge in [-0.05, 0) is 57.6 Å². The van der Waals surface area contributed by atoms with Gasteiger partial charge in [-0.15, -0.1) is 0 Å². The van der Waals surface area contributed by atoms with Crippen LogP contribution in [0.4, 0.5) is 9.18 Å². The van der Waals surface area contributed by atoms with E-state index in [0.717, 1.165) is 18.7 Å². The number of piperazine rings is 1. The van der Waals surface area contributed by atoms with Crippen LogP contribution in [-0.4, -0.2) is 84.2 Å². The van der Waals surface area contributed by atoms with Crippen molar-refractivity contribution in [2.24, 2.45) is 0 Å². The molecule has 0 spiro atoms. The molecule has 3 rings (SSSR count). The quantitative estimate of drug-likeness (QED) is 0.436. The van der Waals surface area contributed by atoms with Gasteiger partial charge in [0.2, 0.25) is 5.91 Å². The zero-order chi connectivity index (χ0) is 28.6. The van der Waals surface area contributed by atoms with Crippen LogP contribution < -0.4 is 5.32 Å². The Balaban J connectivity index is 1.74. The lowest BCUT2D eigenvalue weighted by Gasteiger charge is -2.42. The van der Waals surface area contributed by atoms with Crippen LogP contribution in [0.3, 0.4) is 0 Å². The third kappa shape index (κ3) is 9.19. The van der Waals surface area contributed by atoms with Gasteiger partial charge < -0.3 is 19.9 Å². The fourth-order valence-corrected chi connectivity index (χ4v) is 4.99. The number of alkyl carbamates (subject to hydrolysis) is 1. The van der Waals surface area contributed by atoms with Gasteiger partial charge in [0, 0.05) is 49.7 Å². The fraction of sp³-hybridized carbons (Fsp3) is 0.533. The van der Waals surface area contributed by atoms with E-state index in [0.29, 0.717) is 49.7 Å². The van der Waals surface area contributed by atoms with Gasteiger partial charge in [-0.25, -0.2) is 9.18 Å². The van der Waals surface area contributed by atoms with E-state index in [1.165, 1.54) is 6.07 Å². The second-order valence-electron chi connectivity index (χ2n) is 10.9. The van der Waals surface area contributed by atoms with Gasteiger partial charge in [-0.3, -0.25) is 9.69 Å². The van der Waals surface area contributed by atoms with E-state index in [1.807, 2.05) is 24.3 Å². The van der Waals surface area contributed by atoms with Crippen molar-refractivity contribution in [3.8, 4) is 0 Å².